The first-order valence-corrected chi connectivity index (χ1v) is 10.3. The Morgan fingerprint density at radius 2 is 1.96 bits per heavy atom. The van der Waals surface area contributed by atoms with Crippen molar-refractivity contribution in [3.63, 3.8) is 0 Å². The van der Waals surface area contributed by atoms with Gasteiger partial charge in [-0.25, -0.2) is 8.42 Å². The van der Waals surface area contributed by atoms with E-state index in [1.165, 1.54) is 9.18 Å². The number of thiophene rings is 1. The fraction of sp³-hybridized carbons (Fsp3) is 0.500. The predicted molar refractivity (Wildman–Crippen MR) is 92.0 cm³/mol. The zero-order chi connectivity index (χ0) is 16.6. The van der Waals surface area contributed by atoms with Crippen molar-refractivity contribution in [2.45, 2.75) is 25.3 Å². The van der Waals surface area contributed by atoms with Gasteiger partial charge in [0, 0.05) is 37.6 Å². The minimum absolute atomic E-state index is 0.216. The first-order valence-electron chi connectivity index (χ1n) is 7.27. The number of hydrogen-bond acceptors (Lipinski definition) is 6. The van der Waals surface area contributed by atoms with Gasteiger partial charge in [-0.3, -0.25) is 4.90 Å². The molecule has 0 radical (unpaired) electrons. The molecule has 2 aromatic rings. The number of rotatable bonds is 4. The molecular weight excluding hydrogens is 402 g/mol. The summed E-state index contributed by atoms with van der Waals surface area (Å²) in [4.78, 5) is 3.77. The van der Waals surface area contributed by atoms with Crippen molar-refractivity contribution in [1.29, 1.82) is 0 Å². The van der Waals surface area contributed by atoms with Crippen molar-refractivity contribution in [3.05, 3.63) is 32.3 Å². The van der Waals surface area contributed by atoms with Crippen LogP contribution in [0.15, 0.2) is 25.3 Å². The molecule has 1 aliphatic rings. The van der Waals surface area contributed by atoms with Crippen LogP contribution >= 0.6 is 27.3 Å². The van der Waals surface area contributed by atoms with Gasteiger partial charge in [0.1, 0.15) is 10.6 Å². The van der Waals surface area contributed by atoms with Crippen molar-refractivity contribution >= 4 is 37.3 Å². The average Bonchev–Trinajstić information content (AvgIpc) is 3.05. The Morgan fingerprint density at radius 1 is 1.26 bits per heavy atom. The van der Waals surface area contributed by atoms with Gasteiger partial charge in [-0.05, 0) is 41.9 Å². The second kappa shape index (κ2) is 6.64. The van der Waals surface area contributed by atoms with E-state index in [0.717, 1.165) is 23.4 Å². The minimum atomic E-state index is -3.53. The minimum Gasteiger partial charge on any atom is -0.360 e. The number of piperazine rings is 1. The summed E-state index contributed by atoms with van der Waals surface area (Å²) in [5.41, 5.74) is 0.424. The van der Waals surface area contributed by atoms with E-state index in [4.69, 9.17) is 4.52 Å². The van der Waals surface area contributed by atoms with Crippen LogP contribution in [-0.4, -0.2) is 49.0 Å². The van der Waals surface area contributed by atoms with Crippen LogP contribution in [0.2, 0.25) is 0 Å². The van der Waals surface area contributed by atoms with Crippen LogP contribution in [0.4, 0.5) is 0 Å². The molecule has 0 unspecified atom stereocenters. The van der Waals surface area contributed by atoms with Gasteiger partial charge in [0.05, 0.1) is 3.79 Å². The molecule has 0 atom stereocenters. The number of halogens is 1. The van der Waals surface area contributed by atoms with Crippen LogP contribution in [0.1, 0.15) is 16.3 Å². The van der Waals surface area contributed by atoms with Crippen LogP contribution < -0.4 is 0 Å². The lowest BCUT2D eigenvalue weighted by Crippen LogP contribution is -2.48. The van der Waals surface area contributed by atoms with Crippen molar-refractivity contribution in [1.82, 2.24) is 14.4 Å². The normalized spacial score (nSPS) is 17.7. The van der Waals surface area contributed by atoms with Gasteiger partial charge in [-0.15, -0.1) is 11.3 Å². The molecule has 0 N–H and O–H groups in total. The lowest BCUT2D eigenvalue weighted by Gasteiger charge is -2.33. The Morgan fingerprint density at radius 3 is 2.48 bits per heavy atom. The Labute approximate surface area is 148 Å². The zero-order valence-electron chi connectivity index (χ0n) is 13.0. The summed E-state index contributed by atoms with van der Waals surface area (Å²) >= 11 is 5.18. The standard InChI is InChI=1S/C14H18BrN3O3S2/c1-10-14(11(2)21-16-10)23(19,20)18-7-5-17(6-8-18)9-12-3-4-13(15)22-12/h3-4H,5-9H2,1-2H3. The smallest absolute Gasteiger partial charge is 0.248 e. The van der Waals surface area contributed by atoms with Crippen molar-refractivity contribution in [3.8, 4) is 0 Å². The van der Waals surface area contributed by atoms with Crippen molar-refractivity contribution in [2.75, 3.05) is 26.2 Å². The van der Waals surface area contributed by atoms with E-state index in [9.17, 15) is 8.42 Å². The van der Waals surface area contributed by atoms with Crippen LogP contribution in [0.3, 0.4) is 0 Å². The predicted octanol–water partition coefficient (Wildman–Crippen LogP) is 2.62. The van der Waals surface area contributed by atoms with Gasteiger partial charge >= 0.3 is 0 Å². The highest BCUT2D eigenvalue weighted by molar-refractivity contribution is 9.11. The van der Waals surface area contributed by atoms with E-state index in [0.29, 0.717) is 24.5 Å². The van der Waals surface area contributed by atoms with E-state index in [-0.39, 0.29) is 4.90 Å². The molecule has 126 valence electrons. The maximum Gasteiger partial charge on any atom is 0.248 e. The summed E-state index contributed by atoms with van der Waals surface area (Å²) in [5.74, 6) is 0.355. The van der Waals surface area contributed by atoms with E-state index >= 15 is 0 Å². The Balaban J connectivity index is 1.66. The van der Waals surface area contributed by atoms with Crippen LogP contribution in [0.5, 0.6) is 0 Å². The maximum atomic E-state index is 12.8. The van der Waals surface area contributed by atoms with Crippen LogP contribution in [-0.2, 0) is 16.6 Å². The molecule has 0 spiro atoms. The number of sulfonamides is 1. The second-order valence-corrected chi connectivity index (χ2v) is 9.96. The lowest BCUT2D eigenvalue weighted by molar-refractivity contribution is 0.183. The van der Waals surface area contributed by atoms with E-state index in [1.807, 2.05) is 6.07 Å². The van der Waals surface area contributed by atoms with Gasteiger partial charge in [0.2, 0.25) is 10.0 Å². The van der Waals surface area contributed by atoms with Crippen LogP contribution in [0.25, 0.3) is 0 Å². The molecule has 0 amide bonds. The Bertz CT molecular complexity index is 773. The highest BCUT2D eigenvalue weighted by atomic mass is 79.9. The maximum absolute atomic E-state index is 12.8. The highest BCUT2D eigenvalue weighted by Gasteiger charge is 2.33. The first-order chi connectivity index (χ1) is 10.9. The molecule has 0 aliphatic carbocycles. The third-order valence-electron chi connectivity index (χ3n) is 3.91. The largest absolute Gasteiger partial charge is 0.360 e. The molecule has 2 aromatic heterocycles. The molecule has 3 heterocycles. The summed E-state index contributed by atoms with van der Waals surface area (Å²) in [6, 6.07) is 4.14. The van der Waals surface area contributed by atoms with Gasteiger partial charge in [-0.2, -0.15) is 4.31 Å². The molecule has 1 saturated heterocycles. The monoisotopic (exact) mass is 419 g/mol. The summed E-state index contributed by atoms with van der Waals surface area (Å²) in [5, 5.41) is 3.76. The van der Waals surface area contributed by atoms with Crippen molar-refractivity contribution < 1.29 is 12.9 Å². The summed E-state index contributed by atoms with van der Waals surface area (Å²) in [6.07, 6.45) is 0. The van der Waals surface area contributed by atoms with E-state index < -0.39 is 10.0 Å². The molecule has 1 fully saturated rings. The molecule has 23 heavy (non-hydrogen) atoms. The molecule has 0 saturated carbocycles. The van der Waals surface area contributed by atoms with E-state index in [2.05, 4.69) is 32.1 Å². The van der Waals surface area contributed by atoms with Gasteiger partial charge in [-0.1, -0.05) is 5.16 Å². The second-order valence-electron chi connectivity index (χ2n) is 5.54. The van der Waals surface area contributed by atoms with Crippen LogP contribution in [0, 0.1) is 13.8 Å². The molecular formula is C14H18BrN3O3S2. The third kappa shape index (κ3) is 3.53. The molecule has 0 bridgehead atoms. The lowest BCUT2D eigenvalue weighted by atomic mass is 10.3. The molecule has 3 rings (SSSR count). The quantitative estimate of drug-likeness (QED) is 0.761. The van der Waals surface area contributed by atoms with Gasteiger partial charge in [0.15, 0.2) is 5.76 Å². The van der Waals surface area contributed by atoms with E-state index in [1.54, 1.807) is 25.2 Å². The Kier molecular flexibility index (Phi) is 4.93. The fourth-order valence-electron chi connectivity index (χ4n) is 2.76. The highest BCUT2D eigenvalue weighted by Crippen LogP contribution is 2.26. The SMILES string of the molecule is Cc1noc(C)c1S(=O)(=O)N1CCN(Cc2ccc(Br)s2)CC1. The first kappa shape index (κ1) is 17.1. The summed E-state index contributed by atoms with van der Waals surface area (Å²) in [7, 11) is -3.53. The number of hydrogen-bond donors (Lipinski definition) is 0. The number of aromatic nitrogens is 1. The number of aryl methyl sites for hydroxylation is 2. The average molecular weight is 420 g/mol. The molecule has 1 aliphatic heterocycles. The topological polar surface area (TPSA) is 66.7 Å². The van der Waals surface area contributed by atoms with Gasteiger partial charge < -0.3 is 4.52 Å². The Hall–Kier alpha value is -0.740. The number of nitrogens with zero attached hydrogens (tertiary/aromatic N) is 3. The van der Waals surface area contributed by atoms with Crippen molar-refractivity contribution in [2.24, 2.45) is 0 Å². The third-order valence-corrected chi connectivity index (χ3v) is 7.66. The fourth-order valence-corrected chi connectivity index (χ4v) is 6.00. The molecule has 9 heteroatoms. The molecule has 0 aromatic carbocycles. The molecule has 6 nitrogen and oxygen atoms in total. The summed E-state index contributed by atoms with van der Waals surface area (Å²) < 4.78 is 33.2. The zero-order valence-corrected chi connectivity index (χ0v) is 16.2. The summed E-state index contributed by atoms with van der Waals surface area (Å²) in [6.45, 7) is 6.57. The van der Waals surface area contributed by atoms with Gasteiger partial charge in [0.25, 0.3) is 0 Å².